The Kier molecular flexibility index (Phi) is 2.40. The van der Waals surface area contributed by atoms with E-state index in [0.29, 0.717) is 17.0 Å². The molecule has 3 heteroatoms. The van der Waals surface area contributed by atoms with E-state index in [-0.39, 0.29) is 5.82 Å². The van der Waals surface area contributed by atoms with E-state index in [0.717, 1.165) is 24.9 Å². The zero-order chi connectivity index (χ0) is 11.0. The Labute approximate surface area is 93.4 Å². The molecule has 1 aromatic carbocycles. The van der Waals surface area contributed by atoms with Gasteiger partial charge in [-0.15, -0.1) is 0 Å². The van der Waals surface area contributed by atoms with Gasteiger partial charge in [0.1, 0.15) is 11.4 Å². The van der Waals surface area contributed by atoms with E-state index in [4.69, 9.17) is 4.42 Å². The molecule has 0 radical (unpaired) electrons. The van der Waals surface area contributed by atoms with Crippen LogP contribution in [0.15, 0.2) is 28.9 Å². The second kappa shape index (κ2) is 3.91. The van der Waals surface area contributed by atoms with Crippen molar-refractivity contribution < 1.29 is 8.81 Å². The Morgan fingerprint density at radius 3 is 3.12 bits per heavy atom. The van der Waals surface area contributed by atoms with Crippen LogP contribution in [0, 0.1) is 5.82 Å². The lowest BCUT2D eigenvalue weighted by atomic mass is 10.0. The second-order valence-electron chi connectivity index (χ2n) is 4.37. The summed E-state index contributed by atoms with van der Waals surface area (Å²) < 4.78 is 19.2. The van der Waals surface area contributed by atoms with Gasteiger partial charge in [0.05, 0.1) is 11.6 Å². The molecule has 1 atom stereocenters. The summed E-state index contributed by atoms with van der Waals surface area (Å²) in [5.41, 5.74) is 1.41. The highest BCUT2D eigenvalue weighted by atomic mass is 19.1. The second-order valence-corrected chi connectivity index (χ2v) is 4.37. The lowest BCUT2D eigenvalue weighted by Crippen LogP contribution is -2.24. The lowest BCUT2D eigenvalue weighted by Gasteiger charge is -2.10. The van der Waals surface area contributed by atoms with Crippen molar-refractivity contribution in [2.24, 2.45) is 0 Å². The zero-order valence-corrected chi connectivity index (χ0v) is 9.00. The van der Waals surface area contributed by atoms with Crippen LogP contribution in [0.5, 0.6) is 0 Å². The van der Waals surface area contributed by atoms with E-state index in [2.05, 4.69) is 5.32 Å². The first-order valence-electron chi connectivity index (χ1n) is 5.72. The minimum atomic E-state index is -0.125. The molecule has 3 rings (SSSR count). The Hall–Kier alpha value is -1.35. The van der Waals surface area contributed by atoms with Crippen LogP contribution in [0.1, 0.15) is 18.4 Å². The fourth-order valence-electron chi connectivity index (χ4n) is 2.41. The minimum Gasteiger partial charge on any atom is -0.464 e. The quantitative estimate of drug-likeness (QED) is 0.840. The molecule has 2 heterocycles. The maximum atomic E-state index is 14.1. The van der Waals surface area contributed by atoms with Gasteiger partial charge in [-0.3, -0.25) is 0 Å². The van der Waals surface area contributed by atoms with E-state index < -0.39 is 0 Å². The summed E-state index contributed by atoms with van der Waals surface area (Å²) in [4.78, 5) is 0. The van der Waals surface area contributed by atoms with Crippen LogP contribution in [-0.2, 0) is 6.42 Å². The van der Waals surface area contributed by atoms with Crippen molar-refractivity contribution in [1.82, 2.24) is 5.32 Å². The molecule has 0 bridgehead atoms. The van der Waals surface area contributed by atoms with E-state index in [1.807, 2.05) is 12.1 Å². The van der Waals surface area contributed by atoms with Gasteiger partial charge < -0.3 is 9.73 Å². The van der Waals surface area contributed by atoms with Gasteiger partial charge in [0.15, 0.2) is 0 Å². The highest BCUT2D eigenvalue weighted by molar-refractivity contribution is 5.78. The van der Waals surface area contributed by atoms with Crippen molar-refractivity contribution in [2.75, 3.05) is 6.54 Å². The normalized spacial score (nSPS) is 20.7. The zero-order valence-electron chi connectivity index (χ0n) is 9.00. The number of benzene rings is 1. The topological polar surface area (TPSA) is 25.2 Å². The molecule has 1 saturated heterocycles. The third-order valence-corrected chi connectivity index (χ3v) is 3.28. The molecular weight excluding hydrogens is 205 g/mol. The van der Waals surface area contributed by atoms with Gasteiger partial charge >= 0.3 is 0 Å². The molecule has 16 heavy (non-hydrogen) atoms. The maximum absolute atomic E-state index is 14.1. The van der Waals surface area contributed by atoms with Gasteiger partial charge in [0, 0.05) is 6.04 Å². The Morgan fingerprint density at radius 2 is 2.31 bits per heavy atom. The molecule has 1 aliphatic heterocycles. The predicted molar refractivity (Wildman–Crippen MR) is 60.9 cm³/mol. The maximum Gasteiger partial charge on any atom is 0.137 e. The van der Waals surface area contributed by atoms with Crippen LogP contribution in [-0.4, -0.2) is 12.6 Å². The number of hydrogen-bond donors (Lipinski definition) is 1. The van der Waals surface area contributed by atoms with Gasteiger partial charge in [-0.25, -0.2) is 4.39 Å². The summed E-state index contributed by atoms with van der Waals surface area (Å²) in [6.45, 7) is 1.06. The van der Waals surface area contributed by atoms with E-state index in [1.165, 1.54) is 12.7 Å². The standard InChI is InChI=1S/C13H14FNO/c14-13-9(8-10-2-1-6-15-10)3-4-12-11(13)5-7-16-12/h3-5,7,10,15H,1-2,6,8H2. The number of furan rings is 1. The molecule has 0 aliphatic carbocycles. The molecular formula is C13H14FNO. The number of rotatable bonds is 2. The smallest absolute Gasteiger partial charge is 0.137 e. The van der Waals surface area contributed by atoms with Crippen LogP contribution < -0.4 is 5.32 Å². The van der Waals surface area contributed by atoms with Crippen LogP contribution in [0.3, 0.4) is 0 Å². The first-order chi connectivity index (χ1) is 7.84. The van der Waals surface area contributed by atoms with Crippen LogP contribution in [0.25, 0.3) is 11.0 Å². The number of fused-ring (bicyclic) bond motifs is 1. The van der Waals surface area contributed by atoms with E-state index in [1.54, 1.807) is 6.07 Å². The van der Waals surface area contributed by atoms with Crippen molar-refractivity contribution in [3.05, 3.63) is 35.8 Å². The van der Waals surface area contributed by atoms with Crippen molar-refractivity contribution in [2.45, 2.75) is 25.3 Å². The molecule has 0 saturated carbocycles. The molecule has 0 amide bonds. The molecule has 0 spiro atoms. The van der Waals surface area contributed by atoms with Crippen molar-refractivity contribution in [1.29, 1.82) is 0 Å². The summed E-state index contributed by atoms with van der Waals surface area (Å²) >= 11 is 0. The summed E-state index contributed by atoms with van der Waals surface area (Å²) in [5.74, 6) is -0.125. The largest absolute Gasteiger partial charge is 0.464 e. The fourth-order valence-corrected chi connectivity index (χ4v) is 2.41. The first kappa shape index (κ1) is 9.85. The molecule has 2 aromatic rings. The SMILES string of the molecule is Fc1c(CC2CCCN2)ccc2occc12. The molecule has 1 unspecified atom stereocenters. The summed E-state index contributed by atoms with van der Waals surface area (Å²) in [5, 5.41) is 3.98. The molecule has 1 aliphatic rings. The van der Waals surface area contributed by atoms with Gasteiger partial charge in [-0.1, -0.05) is 6.07 Å². The Morgan fingerprint density at radius 1 is 1.38 bits per heavy atom. The van der Waals surface area contributed by atoms with Crippen LogP contribution >= 0.6 is 0 Å². The summed E-state index contributed by atoms with van der Waals surface area (Å²) in [6.07, 6.45) is 4.64. The van der Waals surface area contributed by atoms with E-state index in [9.17, 15) is 4.39 Å². The Balaban J connectivity index is 1.93. The molecule has 1 fully saturated rings. The predicted octanol–water partition coefficient (Wildman–Crippen LogP) is 2.87. The molecule has 84 valence electrons. The van der Waals surface area contributed by atoms with Crippen LogP contribution in [0.2, 0.25) is 0 Å². The monoisotopic (exact) mass is 219 g/mol. The minimum absolute atomic E-state index is 0.125. The number of halogens is 1. The average Bonchev–Trinajstić information content (AvgIpc) is 2.93. The van der Waals surface area contributed by atoms with Gasteiger partial charge in [0.2, 0.25) is 0 Å². The van der Waals surface area contributed by atoms with Crippen molar-refractivity contribution in [3.8, 4) is 0 Å². The molecule has 1 N–H and O–H groups in total. The van der Waals surface area contributed by atoms with Crippen molar-refractivity contribution >= 4 is 11.0 Å². The third kappa shape index (κ3) is 1.61. The van der Waals surface area contributed by atoms with Gasteiger partial charge in [-0.05, 0) is 43.5 Å². The molecule has 1 aromatic heterocycles. The van der Waals surface area contributed by atoms with Crippen molar-refractivity contribution in [3.63, 3.8) is 0 Å². The van der Waals surface area contributed by atoms with Gasteiger partial charge in [-0.2, -0.15) is 0 Å². The summed E-state index contributed by atoms with van der Waals surface area (Å²) in [6, 6.07) is 5.80. The van der Waals surface area contributed by atoms with Gasteiger partial charge in [0.25, 0.3) is 0 Å². The Bertz CT molecular complexity index is 500. The fraction of sp³-hybridized carbons (Fsp3) is 0.385. The summed E-state index contributed by atoms with van der Waals surface area (Å²) in [7, 11) is 0. The number of hydrogen-bond acceptors (Lipinski definition) is 2. The number of nitrogens with one attached hydrogen (secondary N) is 1. The van der Waals surface area contributed by atoms with E-state index >= 15 is 0 Å². The average molecular weight is 219 g/mol. The highest BCUT2D eigenvalue weighted by Gasteiger charge is 2.17. The third-order valence-electron chi connectivity index (χ3n) is 3.28. The lowest BCUT2D eigenvalue weighted by molar-refractivity contribution is 0.564. The molecule has 2 nitrogen and oxygen atoms in total. The first-order valence-corrected chi connectivity index (χ1v) is 5.72. The highest BCUT2D eigenvalue weighted by Crippen LogP contribution is 2.24. The van der Waals surface area contributed by atoms with Crippen LogP contribution in [0.4, 0.5) is 4.39 Å².